The van der Waals surface area contributed by atoms with E-state index in [1.54, 1.807) is 35.6 Å². The standard InChI is InChI=1S/C24H27N3O2S/c1-15(2)17-6-8-18(9-7-17)22(21-5-4-14-30-21)26-16(3)24(29)27-20-12-10-19(11-13-20)23(25)28/h4-16,22,26H,1-3H3,(H2,25,28)(H,27,29)/t16-,22+/m1/s1. The lowest BCUT2D eigenvalue weighted by Gasteiger charge is -2.23. The molecule has 2 aromatic carbocycles. The summed E-state index contributed by atoms with van der Waals surface area (Å²) in [5, 5.41) is 8.38. The van der Waals surface area contributed by atoms with Crippen LogP contribution in [0.25, 0.3) is 0 Å². The molecule has 0 radical (unpaired) electrons. The van der Waals surface area contributed by atoms with Crippen LogP contribution in [0.1, 0.15) is 59.1 Å². The molecule has 3 rings (SSSR count). The van der Waals surface area contributed by atoms with E-state index in [0.29, 0.717) is 17.2 Å². The Morgan fingerprint density at radius 2 is 1.53 bits per heavy atom. The summed E-state index contributed by atoms with van der Waals surface area (Å²) in [6.07, 6.45) is 0. The molecule has 0 spiro atoms. The number of nitrogens with one attached hydrogen (secondary N) is 2. The third-order valence-electron chi connectivity index (χ3n) is 5.01. The van der Waals surface area contributed by atoms with Crippen LogP contribution in [-0.2, 0) is 4.79 Å². The molecular formula is C24H27N3O2S. The van der Waals surface area contributed by atoms with Crippen LogP contribution in [-0.4, -0.2) is 17.9 Å². The lowest BCUT2D eigenvalue weighted by Crippen LogP contribution is -2.40. The van der Waals surface area contributed by atoms with E-state index >= 15 is 0 Å². The van der Waals surface area contributed by atoms with Crippen molar-refractivity contribution in [2.24, 2.45) is 5.73 Å². The molecule has 3 aromatic rings. The van der Waals surface area contributed by atoms with Gasteiger partial charge in [0.1, 0.15) is 0 Å². The van der Waals surface area contributed by atoms with Crippen molar-refractivity contribution >= 4 is 28.8 Å². The van der Waals surface area contributed by atoms with E-state index < -0.39 is 11.9 Å². The van der Waals surface area contributed by atoms with Crippen LogP contribution in [0.15, 0.2) is 66.0 Å². The van der Waals surface area contributed by atoms with Gasteiger partial charge in [-0.3, -0.25) is 14.9 Å². The minimum atomic E-state index is -0.495. The van der Waals surface area contributed by atoms with Gasteiger partial charge in [-0.2, -0.15) is 0 Å². The first kappa shape index (κ1) is 21.7. The quantitative estimate of drug-likeness (QED) is 0.494. The van der Waals surface area contributed by atoms with Crippen molar-refractivity contribution in [3.8, 4) is 0 Å². The summed E-state index contributed by atoms with van der Waals surface area (Å²) in [5.74, 6) is -0.176. The van der Waals surface area contributed by atoms with Gasteiger partial charge in [-0.25, -0.2) is 0 Å². The molecule has 0 aliphatic heterocycles. The second-order valence-electron chi connectivity index (χ2n) is 7.59. The van der Waals surface area contributed by atoms with Crippen LogP contribution in [0.3, 0.4) is 0 Å². The van der Waals surface area contributed by atoms with E-state index in [-0.39, 0.29) is 11.9 Å². The predicted molar refractivity (Wildman–Crippen MR) is 123 cm³/mol. The molecule has 2 atom stereocenters. The zero-order valence-corrected chi connectivity index (χ0v) is 18.2. The van der Waals surface area contributed by atoms with Crippen LogP contribution < -0.4 is 16.4 Å². The zero-order chi connectivity index (χ0) is 21.7. The van der Waals surface area contributed by atoms with Gasteiger partial charge in [0.15, 0.2) is 0 Å². The van der Waals surface area contributed by atoms with Gasteiger partial charge in [0.2, 0.25) is 11.8 Å². The van der Waals surface area contributed by atoms with Gasteiger partial charge in [-0.1, -0.05) is 44.2 Å². The van der Waals surface area contributed by atoms with Crippen LogP contribution >= 0.6 is 11.3 Å². The summed E-state index contributed by atoms with van der Waals surface area (Å²) in [4.78, 5) is 25.1. The number of benzene rings is 2. The molecule has 0 saturated carbocycles. The number of primary amides is 1. The number of hydrogen-bond donors (Lipinski definition) is 3. The summed E-state index contributed by atoms with van der Waals surface area (Å²) < 4.78 is 0. The molecule has 4 N–H and O–H groups in total. The van der Waals surface area contributed by atoms with E-state index in [1.807, 2.05) is 18.4 Å². The molecule has 156 valence electrons. The van der Waals surface area contributed by atoms with Crippen molar-refractivity contribution in [3.05, 3.63) is 87.6 Å². The van der Waals surface area contributed by atoms with Crippen molar-refractivity contribution in [2.75, 3.05) is 5.32 Å². The topological polar surface area (TPSA) is 84.2 Å². The van der Waals surface area contributed by atoms with E-state index in [4.69, 9.17) is 5.73 Å². The van der Waals surface area contributed by atoms with Gasteiger partial charge < -0.3 is 11.1 Å². The predicted octanol–water partition coefficient (Wildman–Crippen LogP) is 4.68. The Labute approximate surface area is 181 Å². The van der Waals surface area contributed by atoms with Crippen LogP contribution in [0.5, 0.6) is 0 Å². The molecule has 2 amide bonds. The highest BCUT2D eigenvalue weighted by atomic mass is 32.1. The Morgan fingerprint density at radius 1 is 0.900 bits per heavy atom. The summed E-state index contributed by atoms with van der Waals surface area (Å²) in [6.45, 7) is 6.19. The number of carbonyl (C=O) groups excluding carboxylic acids is 2. The van der Waals surface area contributed by atoms with E-state index in [2.05, 4.69) is 54.8 Å². The Balaban J connectivity index is 1.73. The third kappa shape index (κ3) is 5.34. The minimum absolute atomic E-state index is 0.0794. The molecule has 0 saturated heterocycles. The Bertz CT molecular complexity index is 980. The summed E-state index contributed by atoms with van der Waals surface area (Å²) >= 11 is 1.66. The van der Waals surface area contributed by atoms with Crippen LogP contribution in [0, 0.1) is 0 Å². The number of hydrogen-bond acceptors (Lipinski definition) is 4. The van der Waals surface area contributed by atoms with Gasteiger partial charge >= 0.3 is 0 Å². The summed E-state index contributed by atoms with van der Waals surface area (Å²) in [5.41, 5.74) is 8.69. The smallest absolute Gasteiger partial charge is 0.248 e. The van der Waals surface area contributed by atoms with Gasteiger partial charge in [0.05, 0.1) is 12.1 Å². The van der Waals surface area contributed by atoms with Gasteiger partial charge in [-0.05, 0) is 59.7 Å². The molecule has 30 heavy (non-hydrogen) atoms. The highest BCUT2D eigenvalue weighted by Gasteiger charge is 2.22. The SMILES string of the molecule is CC(C)c1ccc([C@H](N[C@H](C)C(=O)Nc2ccc(C(N)=O)cc2)c2cccs2)cc1. The number of thiophene rings is 1. The molecule has 0 fully saturated rings. The first-order valence-corrected chi connectivity index (χ1v) is 10.8. The number of nitrogens with two attached hydrogens (primary N) is 1. The van der Waals surface area contributed by atoms with Crippen LogP contribution in [0.2, 0.25) is 0 Å². The van der Waals surface area contributed by atoms with E-state index in [1.165, 1.54) is 5.56 Å². The Hall–Kier alpha value is -2.96. The van der Waals surface area contributed by atoms with Gasteiger partial charge in [-0.15, -0.1) is 11.3 Å². The molecule has 0 unspecified atom stereocenters. The van der Waals surface area contributed by atoms with Crippen molar-refractivity contribution in [1.82, 2.24) is 5.32 Å². The maximum absolute atomic E-state index is 12.7. The highest BCUT2D eigenvalue weighted by molar-refractivity contribution is 7.10. The zero-order valence-electron chi connectivity index (χ0n) is 17.4. The monoisotopic (exact) mass is 421 g/mol. The van der Waals surface area contributed by atoms with Crippen molar-refractivity contribution < 1.29 is 9.59 Å². The molecule has 0 bridgehead atoms. The number of anilines is 1. The minimum Gasteiger partial charge on any atom is -0.366 e. The first-order chi connectivity index (χ1) is 14.3. The largest absolute Gasteiger partial charge is 0.366 e. The molecule has 0 aliphatic carbocycles. The van der Waals surface area contributed by atoms with Gasteiger partial charge in [0, 0.05) is 16.1 Å². The maximum atomic E-state index is 12.7. The average molecular weight is 422 g/mol. The lowest BCUT2D eigenvalue weighted by atomic mass is 9.98. The first-order valence-electron chi connectivity index (χ1n) is 9.95. The highest BCUT2D eigenvalue weighted by Crippen LogP contribution is 2.28. The Kier molecular flexibility index (Phi) is 7.03. The molecule has 0 aliphatic rings. The average Bonchev–Trinajstić information content (AvgIpc) is 3.26. The van der Waals surface area contributed by atoms with Crippen molar-refractivity contribution in [2.45, 2.75) is 38.8 Å². The molecule has 6 heteroatoms. The van der Waals surface area contributed by atoms with Gasteiger partial charge in [0.25, 0.3) is 0 Å². The van der Waals surface area contributed by atoms with Crippen molar-refractivity contribution in [1.29, 1.82) is 0 Å². The van der Waals surface area contributed by atoms with Crippen molar-refractivity contribution in [3.63, 3.8) is 0 Å². The lowest BCUT2D eigenvalue weighted by molar-refractivity contribution is -0.117. The molecule has 1 heterocycles. The molecule has 1 aromatic heterocycles. The number of rotatable bonds is 8. The number of amides is 2. The van der Waals surface area contributed by atoms with Crippen LogP contribution in [0.4, 0.5) is 5.69 Å². The fourth-order valence-corrected chi connectivity index (χ4v) is 3.98. The fourth-order valence-electron chi connectivity index (χ4n) is 3.17. The normalized spacial score (nSPS) is 13.1. The Morgan fingerprint density at radius 3 is 2.07 bits per heavy atom. The second kappa shape index (κ2) is 9.69. The summed E-state index contributed by atoms with van der Waals surface area (Å²) in [7, 11) is 0. The second-order valence-corrected chi connectivity index (χ2v) is 8.57. The molecular weight excluding hydrogens is 394 g/mol. The summed E-state index contributed by atoms with van der Waals surface area (Å²) in [6, 6.07) is 18.7. The van der Waals surface area contributed by atoms with E-state index in [9.17, 15) is 9.59 Å². The fraction of sp³-hybridized carbons (Fsp3) is 0.250. The third-order valence-corrected chi connectivity index (χ3v) is 5.95. The van der Waals surface area contributed by atoms with E-state index in [0.717, 1.165) is 10.4 Å². The number of carbonyl (C=O) groups is 2. The molecule has 5 nitrogen and oxygen atoms in total. The maximum Gasteiger partial charge on any atom is 0.248 e.